The lowest BCUT2D eigenvalue weighted by atomic mass is 10.4. The van der Waals surface area contributed by atoms with Gasteiger partial charge in [0.25, 0.3) is 0 Å². The molecular formula is C9H13NO4. The van der Waals surface area contributed by atoms with Crippen molar-refractivity contribution in [3.05, 3.63) is 12.2 Å². The molecule has 5 nitrogen and oxygen atoms in total. The highest BCUT2D eigenvalue weighted by atomic mass is 16.6. The first kappa shape index (κ1) is 12.6. The minimum absolute atomic E-state index is 0.115. The number of hydrogen-bond donors (Lipinski definition) is 0. The van der Waals surface area contributed by atoms with Gasteiger partial charge in [0.15, 0.2) is 6.23 Å². The van der Waals surface area contributed by atoms with Gasteiger partial charge < -0.3 is 9.47 Å². The standard InChI is InChI=1S/C9H13NO4/c1-7(2)9(12)14-5-4-13-8(3)10-6-11/h8H,1,4-5H2,2-3H3. The van der Waals surface area contributed by atoms with Crippen LogP contribution in [0.2, 0.25) is 0 Å². The van der Waals surface area contributed by atoms with E-state index in [9.17, 15) is 9.59 Å². The molecule has 0 amide bonds. The smallest absolute Gasteiger partial charge is 0.333 e. The van der Waals surface area contributed by atoms with Gasteiger partial charge in [0.2, 0.25) is 6.08 Å². The molecule has 0 rings (SSSR count). The molecule has 1 unspecified atom stereocenters. The minimum atomic E-state index is -0.559. The van der Waals surface area contributed by atoms with Crippen molar-refractivity contribution in [2.24, 2.45) is 4.99 Å². The highest BCUT2D eigenvalue weighted by Gasteiger charge is 2.03. The van der Waals surface area contributed by atoms with Crippen LogP contribution in [0.4, 0.5) is 0 Å². The third-order valence-corrected chi connectivity index (χ3v) is 1.26. The maximum absolute atomic E-state index is 10.9. The van der Waals surface area contributed by atoms with Gasteiger partial charge >= 0.3 is 5.97 Å². The van der Waals surface area contributed by atoms with E-state index in [1.165, 1.54) is 6.08 Å². The second-order valence-corrected chi connectivity index (χ2v) is 2.61. The quantitative estimate of drug-likeness (QED) is 0.209. The van der Waals surface area contributed by atoms with Crippen LogP contribution in [0.3, 0.4) is 0 Å². The Labute approximate surface area is 82.4 Å². The number of carbonyl (C=O) groups excluding carboxylic acids is 2. The fraction of sp³-hybridized carbons (Fsp3) is 0.556. The van der Waals surface area contributed by atoms with Crippen LogP contribution in [-0.2, 0) is 19.1 Å². The van der Waals surface area contributed by atoms with Crippen molar-refractivity contribution < 1.29 is 19.1 Å². The van der Waals surface area contributed by atoms with Gasteiger partial charge in [0.05, 0.1) is 6.61 Å². The third-order valence-electron chi connectivity index (χ3n) is 1.26. The molecular weight excluding hydrogens is 186 g/mol. The van der Waals surface area contributed by atoms with Gasteiger partial charge in [-0.1, -0.05) is 6.58 Å². The van der Waals surface area contributed by atoms with E-state index < -0.39 is 12.2 Å². The Morgan fingerprint density at radius 3 is 2.71 bits per heavy atom. The van der Waals surface area contributed by atoms with Crippen LogP contribution in [0.25, 0.3) is 0 Å². The average Bonchev–Trinajstić information content (AvgIpc) is 2.12. The molecule has 0 aliphatic heterocycles. The molecule has 78 valence electrons. The maximum Gasteiger partial charge on any atom is 0.333 e. The van der Waals surface area contributed by atoms with E-state index in [0.717, 1.165) is 0 Å². The van der Waals surface area contributed by atoms with Crippen LogP contribution in [-0.4, -0.2) is 31.5 Å². The largest absolute Gasteiger partial charge is 0.460 e. The number of nitrogens with zero attached hydrogens (tertiary/aromatic N) is 1. The van der Waals surface area contributed by atoms with E-state index >= 15 is 0 Å². The molecule has 0 fully saturated rings. The fourth-order valence-corrected chi connectivity index (χ4v) is 0.588. The molecule has 0 saturated carbocycles. The Kier molecular flexibility index (Phi) is 6.28. The van der Waals surface area contributed by atoms with Crippen LogP contribution in [0.15, 0.2) is 17.1 Å². The van der Waals surface area contributed by atoms with Crippen molar-refractivity contribution in [3.8, 4) is 0 Å². The second-order valence-electron chi connectivity index (χ2n) is 2.61. The summed E-state index contributed by atoms with van der Waals surface area (Å²) in [4.78, 5) is 23.9. The van der Waals surface area contributed by atoms with Gasteiger partial charge in [-0.2, -0.15) is 4.99 Å². The van der Waals surface area contributed by atoms with Crippen molar-refractivity contribution in [2.45, 2.75) is 20.1 Å². The van der Waals surface area contributed by atoms with Gasteiger partial charge in [-0.15, -0.1) is 0 Å². The van der Waals surface area contributed by atoms with Crippen molar-refractivity contribution in [1.82, 2.24) is 0 Å². The number of ether oxygens (including phenoxy) is 2. The first-order chi connectivity index (χ1) is 6.57. The summed E-state index contributed by atoms with van der Waals surface area (Å²) >= 11 is 0. The van der Waals surface area contributed by atoms with E-state index in [2.05, 4.69) is 11.6 Å². The predicted octanol–water partition coefficient (Wildman–Crippen LogP) is 0.804. The second kappa shape index (κ2) is 7.00. The number of esters is 1. The Bertz CT molecular complexity index is 256. The van der Waals surface area contributed by atoms with E-state index in [0.29, 0.717) is 5.57 Å². The van der Waals surface area contributed by atoms with Crippen LogP contribution in [0, 0.1) is 0 Å². The molecule has 0 aromatic carbocycles. The van der Waals surface area contributed by atoms with Gasteiger partial charge in [0.1, 0.15) is 6.61 Å². The molecule has 0 saturated heterocycles. The average molecular weight is 199 g/mol. The first-order valence-electron chi connectivity index (χ1n) is 4.09. The van der Waals surface area contributed by atoms with Crippen LogP contribution in [0.1, 0.15) is 13.8 Å². The van der Waals surface area contributed by atoms with Gasteiger partial charge in [-0.3, -0.25) is 0 Å². The Morgan fingerprint density at radius 1 is 1.57 bits per heavy atom. The highest BCUT2D eigenvalue weighted by Crippen LogP contribution is 1.94. The van der Waals surface area contributed by atoms with E-state index in [-0.39, 0.29) is 13.2 Å². The molecule has 0 bridgehead atoms. The lowest BCUT2D eigenvalue weighted by Gasteiger charge is -2.07. The summed E-state index contributed by atoms with van der Waals surface area (Å²) in [5.74, 6) is -0.458. The molecule has 0 N–H and O–H groups in total. The van der Waals surface area contributed by atoms with Gasteiger partial charge in [-0.05, 0) is 13.8 Å². The molecule has 0 spiro atoms. The summed E-state index contributed by atoms with van der Waals surface area (Å²) in [6.07, 6.45) is 0.804. The van der Waals surface area contributed by atoms with Gasteiger partial charge in [0, 0.05) is 5.57 Å². The Hall–Kier alpha value is -1.45. The van der Waals surface area contributed by atoms with Gasteiger partial charge in [-0.25, -0.2) is 9.59 Å². The zero-order valence-corrected chi connectivity index (χ0v) is 8.28. The monoisotopic (exact) mass is 199 g/mol. The van der Waals surface area contributed by atoms with E-state index in [4.69, 9.17) is 9.47 Å². The Morgan fingerprint density at radius 2 is 2.21 bits per heavy atom. The fourth-order valence-electron chi connectivity index (χ4n) is 0.588. The van der Waals surface area contributed by atoms with Crippen LogP contribution >= 0.6 is 0 Å². The summed E-state index contributed by atoms with van der Waals surface area (Å²) < 4.78 is 9.70. The number of isocyanates is 1. The SMILES string of the molecule is C=C(C)C(=O)OCCOC(C)N=C=O. The molecule has 1 atom stereocenters. The normalized spacial score (nSPS) is 11.3. The summed E-state index contributed by atoms with van der Waals surface area (Å²) in [6.45, 7) is 6.86. The highest BCUT2D eigenvalue weighted by molar-refractivity contribution is 5.86. The predicted molar refractivity (Wildman–Crippen MR) is 49.3 cm³/mol. The zero-order valence-electron chi connectivity index (χ0n) is 8.28. The summed E-state index contributed by atoms with van der Waals surface area (Å²) in [6, 6.07) is 0. The number of hydrogen-bond acceptors (Lipinski definition) is 5. The summed E-state index contributed by atoms with van der Waals surface area (Å²) in [7, 11) is 0. The molecule has 0 aliphatic rings. The lowest BCUT2D eigenvalue weighted by molar-refractivity contribution is -0.141. The maximum atomic E-state index is 10.9. The molecule has 0 radical (unpaired) electrons. The molecule has 0 aromatic rings. The van der Waals surface area contributed by atoms with E-state index in [1.807, 2.05) is 0 Å². The van der Waals surface area contributed by atoms with Crippen molar-refractivity contribution in [2.75, 3.05) is 13.2 Å². The number of aliphatic imine (C=N–C) groups is 1. The topological polar surface area (TPSA) is 65.0 Å². The lowest BCUT2D eigenvalue weighted by Crippen LogP contribution is -2.14. The first-order valence-corrected chi connectivity index (χ1v) is 4.09. The number of carbonyl (C=O) groups is 1. The summed E-state index contributed by atoms with van der Waals surface area (Å²) in [5.41, 5.74) is 0.337. The number of rotatable bonds is 6. The summed E-state index contributed by atoms with van der Waals surface area (Å²) in [5, 5.41) is 0. The molecule has 0 aromatic heterocycles. The Balaban J connectivity index is 3.51. The molecule has 0 aliphatic carbocycles. The van der Waals surface area contributed by atoms with E-state index in [1.54, 1.807) is 13.8 Å². The molecule has 14 heavy (non-hydrogen) atoms. The third kappa shape index (κ3) is 6.11. The van der Waals surface area contributed by atoms with Crippen molar-refractivity contribution in [3.63, 3.8) is 0 Å². The minimum Gasteiger partial charge on any atom is -0.460 e. The molecule has 5 heteroatoms. The van der Waals surface area contributed by atoms with Crippen molar-refractivity contribution in [1.29, 1.82) is 0 Å². The van der Waals surface area contributed by atoms with Crippen LogP contribution in [0.5, 0.6) is 0 Å². The zero-order chi connectivity index (χ0) is 11.0. The van der Waals surface area contributed by atoms with Crippen LogP contribution < -0.4 is 0 Å². The molecule has 0 heterocycles. The van der Waals surface area contributed by atoms with Crippen molar-refractivity contribution >= 4 is 12.0 Å².